The Balaban J connectivity index is 2.87. The Morgan fingerprint density at radius 2 is 0.769 bits per heavy atom. The van der Waals surface area contributed by atoms with Crippen molar-refractivity contribution in [2.45, 2.75) is 118 Å². The fraction of sp³-hybridized carbons (Fsp3) is 1.00. The van der Waals surface area contributed by atoms with E-state index >= 15 is 0 Å². The molecule has 0 unspecified atom stereocenters. The van der Waals surface area contributed by atoms with Crippen molar-refractivity contribution >= 4 is 42.5 Å². The molecule has 0 aromatic carbocycles. The summed E-state index contributed by atoms with van der Waals surface area (Å²) in [5.74, 6) is 0. The van der Waals surface area contributed by atoms with Gasteiger partial charge in [-0.05, 0) is 0 Å². The van der Waals surface area contributed by atoms with E-state index in [1.807, 2.05) is 0 Å². The van der Waals surface area contributed by atoms with Crippen molar-refractivity contribution in [3.05, 3.63) is 0 Å². The van der Waals surface area contributed by atoms with Crippen molar-refractivity contribution in [2.75, 3.05) is 0 Å². The minimum atomic E-state index is -2.35. The van der Waals surface area contributed by atoms with Gasteiger partial charge in [0.15, 0.2) is 0 Å². The van der Waals surface area contributed by atoms with Crippen LogP contribution in [0.15, 0.2) is 0 Å². The predicted molar refractivity (Wildman–Crippen MR) is 121 cm³/mol. The van der Waals surface area contributed by atoms with Gasteiger partial charge in [-0.2, -0.15) is 0 Å². The third kappa shape index (κ3) is 3.08. The van der Waals surface area contributed by atoms with Crippen molar-refractivity contribution in [2.24, 2.45) is 0 Å². The number of rotatable bonds is 0. The first kappa shape index (κ1) is 23.5. The molecule has 8 heteroatoms. The van der Waals surface area contributed by atoms with Crippen LogP contribution in [0.3, 0.4) is 0 Å². The van der Waals surface area contributed by atoms with Crippen molar-refractivity contribution in [3.8, 4) is 0 Å². The predicted octanol–water partition coefficient (Wildman–Crippen LogP) is 4.78. The third-order valence-electron chi connectivity index (χ3n) is 5.82. The van der Waals surface area contributed by atoms with E-state index in [4.69, 9.17) is 9.64 Å². The van der Waals surface area contributed by atoms with E-state index in [2.05, 4.69) is 111 Å². The second-order valence-corrected chi connectivity index (χ2v) is 27.5. The van der Waals surface area contributed by atoms with Crippen molar-refractivity contribution in [1.29, 1.82) is 0 Å². The molecular formula is C18H42ClGaN4Si2. The van der Waals surface area contributed by atoms with E-state index in [1.54, 1.807) is 0 Å². The second-order valence-electron chi connectivity index (χ2n) is 12.3. The molecule has 152 valence electrons. The third-order valence-corrected chi connectivity index (χ3v) is 37.6. The molecule has 0 aromatic heterocycles. The van der Waals surface area contributed by atoms with E-state index in [0.717, 1.165) is 0 Å². The van der Waals surface area contributed by atoms with Crippen LogP contribution in [0.25, 0.3) is 0 Å². The van der Waals surface area contributed by atoms with E-state index in [0.29, 0.717) is 0 Å². The summed E-state index contributed by atoms with van der Waals surface area (Å²) in [6.45, 7) is 33.8. The van der Waals surface area contributed by atoms with Crippen LogP contribution in [0, 0.1) is 0 Å². The zero-order chi connectivity index (χ0) is 20.9. The van der Waals surface area contributed by atoms with Gasteiger partial charge < -0.3 is 0 Å². The SMILES string of the molecule is CC(C)(C)[N]1[Ga]([Cl])[N](C(C)(C)C)[Si]2(C)N(C(C)(C)C)[Si]1(C)N2C(C)(C)C. The van der Waals surface area contributed by atoms with Gasteiger partial charge in [-0.15, -0.1) is 0 Å². The number of halogens is 1. The summed E-state index contributed by atoms with van der Waals surface area (Å²) in [7, 11) is 3.46. The van der Waals surface area contributed by atoms with Gasteiger partial charge in [-0.25, -0.2) is 0 Å². The molecule has 3 fully saturated rings. The molecule has 0 radical (unpaired) electrons. The molecule has 3 aliphatic rings. The minimum absolute atomic E-state index is 0.0834. The number of hydrogen-bond acceptors (Lipinski definition) is 4. The van der Waals surface area contributed by atoms with E-state index in [1.165, 1.54) is 0 Å². The van der Waals surface area contributed by atoms with Gasteiger partial charge >= 0.3 is 176 Å². The van der Waals surface area contributed by atoms with Gasteiger partial charge in [0.05, 0.1) is 0 Å². The average Bonchev–Trinajstić information content (AvgIpc) is 2.15. The van der Waals surface area contributed by atoms with Gasteiger partial charge in [0.1, 0.15) is 0 Å². The Bertz CT molecular complexity index is 475. The molecule has 0 N–H and O–H groups in total. The Morgan fingerprint density at radius 3 is 0.923 bits per heavy atom. The van der Waals surface area contributed by atoms with Gasteiger partial charge in [0, 0.05) is 0 Å². The molecule has 26 heavy (non-hydrogen) atoms. The topological polar surface area (TPSA) is 13.0 Å². The zero-order valence-electron chi connectivity index (χ0n) is 19.7. The molecule has 0 saturated carbocycles. The first-order valence-electron chi connectivity index (χ1n) is 9.97. The molecule has 3 rings (SSSR count). The standard InChI is InChI=1S/C18H42N4Si2.ClH.Ga/c1-15(2,3)19-23(13)21(17(7,8)9)24(14,20-16(4,5)6)22(23)18(10,11)12;;/h1-14H3;1H;/q-2;;+3/p-1. The average molecular weight is 476 g/mol. The Labute approximate surface area is 175 Å². The monoisotopic (exact) mass is 474 g/mol. The van der Waals surface area contributed by atoms with Crippen molar-refractivity contribution in [1.82, 2.24) is 15.0 Å². The number of hydrogen-bond donors (Lipinski definition) is 0. The van der Waals surface area contributed by atoms with Crippen LogP contribution in [0.5, 0.6) is 0 Å². The molecule has 0 atom stereocenters. The quantitative estimate of drug-likeness (QED) is 0.468. The van der Waals surface area contributed by atoms with E-state index < -0.39 is 32.8 Å². The Morgan fingerprint density at radius 1 is 0.538 bits per heavy atom. The van der Waals surface area contributed by atoms with Crippen LogP contribution in [-0.2, 0) is 0 Å². The summed E-state index contributed by atoms with van der Waals surface area (Å²) < 4.78 is 11.7. The molecule has 0 amide bonds. The molecule has 3 aliphatic heterocycles. The molecule has 3 saturated heterocycles. The molecule has 4 nitrogen and oxygen atoms in total. The van der Waals surface area contributed by atoms with Crippen molar-refractivity contribution in [3.63, 3.8) is 0 Å². The first-order chi connectivity index (χ1) is 11.1. The van der Waals surface area contributed by atoms with Gasteiger partial charge in [-0.1, -0.05) is 0 Å². The van der Waals surface area contributed by atoms with Crippen LogP contribution in [0.1, 0.15) is 83.1 Å². The molecule has 2 bridgehead atoms. The summed E-state index contributed by atoms with van der Waals surface area (Å²) >= 11 is -2.35. The molecule has 3 heterocycles. The van der Waals surface area contributed by atoms with Crippen LogP contribution in [-0.4, -0.2) is 70.0 Å². The molecule has 0 aromatic rings. The van der Waals surface area contributed by atoms with Crippen LogP contribution < -0.4 is 0 Å². The molecule has 0 spiro atoms. The van der Waals surface area contributed by atoms with Gasteiger partial charge in [-0.3, -0.25) is 0 Å². The Hall–Kier alpha value is 1.20. The maximum absolute atomic E-state index is 7.51. The number of fused-ring (bicyclic) bond motifs is 2. The van der Waals surface area contributed by atoms with Crippen LogP contribution in [0.4, 0.5) is 0 Å². The fourth-order valence-corrected chi connectivity index (χ4v) is 49.0. The fourth-order valence-electron chi connectivity index (χ4n) is 6.36. The molecular weight excluding hydrogens is 434 g/mol. The van der Waals surface area contributed by atoms with E-state index in [9.17, 15) is 0 Å². The summed E-state index contributed by atoms with van der Waals surface area (Å²) in [5, 5.41) is 0. The van der Waals surface area contributed by atoms with Crippen LogP contribution >= 0.6 is 9.64 Å². The van der Waals surface area contributed by atoms with E-state index in [-0.39, 0.29) is 22.2 Å². The van der Waals surface area contributed by atoms with Crippen LogP contribution in [0.2, 0.25) is 13.1 Å². The van der Waals surface area contributed by atoms with Gasteiger partial charge in [0.25, 0.3) is 0 Å². The van der Waals surface area contributed by atoms with Crippen molar-refractivity contribution < 1.29 is 0 Å². The van der Waals surface area contributed by atoms with Gasteiger partial charge in [0.2, 0.25) is 0 Å². The normalized spacial score (nSPS) is 33.6. The second kappa shape index (κ2) is 6.11. The number of nitrogens with zero attached hydrogens (tertiary/aromatic N) is 4. The maximum atomic E-state index is 7.51. The molecule has 0 aliphatic carbocycles. The summed E-state index contributed by atoms with van der Waals surface area (Å²) in [6.07, 6.45) is 0. The zero-order valence-corrected chi connectivity index (χ0v) is 24.9. The summed E-state index contributed by atoms with van der Waals surface area (Å²) in [5.41, 5.74) is 0.464. The summed E-state index contributed by atoms with van der Waals surface area (Å²) in [6, 6.07) is 0. The first-order valence-corrected chi connectivity index (χ1v) is 20.0. The Kier molecular flexibility index (Phi) is 5.51. The summed E-state index contributed by atoms with van der Waals surface area (Å²) in [4.78, 5) is 0.